The number of rotatable bonds is 5. The Bertz CT molecular complexity index is 1520. The van der Waals surface area contributed by atoms with Gasteiger partial charge >= 0.3 is 0 Å². The number of methoxy groups -OCH3 is 1. The highest BCUT2D eigenvalue weighted by atomic mass is 16.5. The molecule has 1 saturated carbocycles. The van der Waals surface area contributed by atoms with Crippen LogP contribution in [0.25, 0.3) is 16.9 Å². The highest BCUT2D eigenvalue weighted by molar-refractivity contribution is 6.22. The van der Waals surface area contributed by atoms with E-state index in [2.05, 4.69) is 5.32 Å². The number of primary amides is 1. The van der Waals surface area contributed by atoms with Crippen LogP contribution in [0.15, 0.2) is 53.3 Å². The van der Waals surface area contributed by atoms with Crippen LogP contribution >= 0.6 is 0 Å². The van der Waals surface area contributed by atoms with E-state index in [9.17, 15) is 39.6 Å². The van der Waals surface area contributed by atoms with E-state index in [1.807, 2.05) is 0 Å². The number of aliphatic hydroxyl groups excluding tert-OH is 2. The maximum absolute atomic E-state index is 13.6. The number of nitrogens with two attached hydrogens (primary N) is 1. The topological polar surface area (TPSA) is 196 Å². The maximum atomic E-state index is 13.6. The summed E-state index contributed by atoms with van der Waals surface area (Å²) >= 11 is 0. The van der Waals surface area contributed by atoms with Crippen molar-refractivity contribution in [1.29, 1.82) is 0 Å². The summed E-state index contributed by atoms with van der Waals surface area (Å²) < 4.78 is 4.84. The van der Waals surface area contributed by atoms with Crippen LogP contribution in [0, 0.1) is 11.8 Å². The third kappa shape index (κ3) is 3.98. The number of phenols is 1. The first-order valence-electron chi connectivity index (χ1n) is 12.2. The normalized spacial score (nSPS) is 24.2. The predicted octanol–water partition coefficient (Wildman–Crippen LogP) is 1.68. The summed E-state index contributed by atoms with van der Waals surface area (Å²) in [4.78, 5) is 49.9. The summed E-state index contributed by atoms with van der Waals surface area (Å²) in [6, 6.07) is 9.93. The number of benzene rings is 2. The average molecular weight is 535 g/mol. The third-order valence-corrected chi connectivity index (χ3v) is 7.68. The Kier molecular flexibility index (Phi) is 6.28. The summed E-state index contributed by atoms with van der Waals surface area (Å²) in [7, 11) is 1.40. The molecule has 3 atom stereocenters. The summed E-state index contributed by atoms with van der Waals surface area (Å²) in [5, 5.41) is 46.7. The van der Waals surface area contributed by atoms with Gasteiger partial charge in [0.25, 0.3) is 5.91 Å². The first-order chi connectivity index (χ1) is 18.5. The zero-order valence-electron chi connectivity index (χ0n) is 20.9. The molecule has 5 rings (SSSR count). The first-order valence-corrected chi connectivity index (χ1v) is 12.2. The van der Waals surface area contributed by atoms with Gasteiger partial charge in [0.2, 0.25) is 11.7 Å². The molecule has 1 fully saturated rings. The minimum absolute atomic E-state index is 0.00606. The molecule has 2 aromatic rings. The third-order valence-electron chi connectivity index (χ3n) is 7.68. The molecule has 2 aromatic carbocycles. The van der Waals surface area contributed by atoms with Crippen molar-refractivity contribution < 1.29 is 44.3 Å². The molecule has 2 amide bonds. The van der Waals surface area contributed by atoms with E-state index in [1.165, 1.54) is 13.2 Å². The fraction of sp³-hybridized carbons (Fsp3) is 0.286. The van der Waals surface area contributed by atoms with Crippen LogP contribution in [0.2, 0.25) is 0 Å². The summed E-state index contributed by atoms with van der Waals surface area (Å²) in [5.74, 6) is -7.14. The number of amides is 2. The van der Waals surface area contributed by atoms with Gasteiger partial charge in [0.05, 0.1) is 5.56 Å². The number of ketones is 2. The van der Waals surface area contributed by atoms with Gasteiger partial charge < -0.3 is 36.2 Å². The Morgan fingerprint density at radius 2 is 1.87 bits per heavy atom. The Labute approximate surface area is 222 Å². The van der Waals surface area contributed by atoms with Crippen LogP contribution in [0.3, 0.4) is 0 Å². The van der Waals surface area contributed by atoms with Gasteiger partial charge in [0.1, 0.15) is 29.4 Å². The summed E-state index contributed by atoms with van der Waals surface area (Å²) in [6.45, 7) is -0.127. The molecule has 11 nitrogen and oxygen atoms in total. The maximum Gasteiger partial charge on any atom is 0.255 e. The number of nitrogens with one attached hydrogen (secondary N) is 1. The van der Waals surface area contributed by atoms with Crippen LogP contribution in [0.1, 0.15) is 24.0 Å². The Hall–Kier alpha value is -4.48. The van der Waals surface area contributed by atoms with E-state index in [0.29, 0.717) is 22.4 Å². The lowest BCUT2D eigenvalue weighted by Gasteiger charge is -2.46. The molecule has 0 saturated heterocycles. The lowest BCUT2D eigenvalue weighted by Crippen LogP contribution is -2.58. The molecule has 11 heteroatoms. The number of phenolic OH excluding ortho intramolecular Hbond substituents is 1. The predicted molar refractivity (Wildman–Crippen MR) is 137 cm³/mol. The number of fused-ring (bicyclic) bond motifs is 3. The molecule has 0 bridgehead atoms. The molecule has 3 unspecified atom stereocenters. The minimum Gasteiger partial charge on any atom is -0.508 e. The van der Waals surface area contributed by atoms with Crippen molar-refractivity contribution in [2.24, 2.45) is 17.6 Å². The lowest BCUT2D eigenvalue weighted by atomic mass is 9.59. The summed E-state index contributed by atoms with van der Waals surface area (Å²) in [5.41, 5.74) is 3.87. The number of carbonyl (C=O) groups excluding carboxylic acids is 4. The van der Waals surface area contributed by atoms with Gasteiger partial charge in [-0.15, -0.1) is 0 Å². The van der Waals surface area contributed by atoms with Crippen molar-refractivity contribution in [1.82, 2.24) is 0 Å². The SMILES string of the molecule is COCC(=O)Nc1cccc(-c2ccc(O)c3c2CC2CC4CC(=O)C(C(N)=O)=C(O)C4(O)C(=O)C2=C3O)c1. The van der Waals surface area contributed by atoms with Crippen LogP contribution in [-0.4, -0.2) is 63.1 Å². The number of hydrogen-bond acceptors (Lipinski definition) is 9. The van der Waals surface area contributed by atoms with Crippen molar-refractivity contribution >= 4 is 34.8 Å². The van der Waals surface area contributed by atoms with Gasteiger partial charge in [-0.05, 0) is 53.6 Å². The number of ether oxygens (including phenoxy) is 1. The molecular weight excluding hydrogens is 508 g/mol. The fourth-order valence-electron chi connectivity index (χ4n) is 5.98. The van der Waals surface area contributed by atoms with E-state index in [1.54, 1.807) is 30.3 Å². The molecule has 0 spiro atoms. The molecule has 0 aliphatic heterocycles. The van der Waals surface area contributed by atoms with Crippen LogP contribution < -0.4 is 11.1 Å². The van der Waals surface area contributed by atoms with Crippen molar-refractivity contribution in [3.63, 3.8) is 0 Å². The molecule has 7 N–H and O–H groups in total. The first kappa shape index (κ1) is 26.1. The zero-order chi connectivity index (χ0) is 28.2. The van der Waals surface area contributed by atoms with Crippen LogP contribution in [0.4, 0.5) is 5.69 Å². The zero-order valence-corrected chi connectivity index (χ0v) is 20.9. The van der Waals surface area contributed by atoms with E-state index in [0.717, 1.165) is 0 Å². The second-order valence-electron chi connectivity index (χ2n) is 9.95. The minimum atomic E-state index is -2.61. The van der Waals surface area contributed by atoms with Crippen molar-refractivity contribution in [2.45, 2.75) is 24.9 Å². The second-order valence-corrected chi connectivity index (χ2v) is 9.95. The average Bonchev–Trinajstić information content (AvgIpc) is 2.86. The molecule has 3 aliphatic carbocycles. The van der Waals surface area contributed by atoms with Crippen molar-refractivity contribution in [3.8, 4) is 16.9 Å². The molecule has 0 radical (unpaired) electrons. The molecular formula is C28H26N2O9. The fourth-order valence-corrected chi connectivity index (χ4v) is 5.98. The number of hydrogen-bond donors (Lipinski definition) is 6. The number of anilines is 1. The molecule has 0 heterocycles. The summed E-state index contributed by atoms with van der Waals surface area (Å²) in [6.07, 6.45) is -0.193. The monoisotopic (exact) mass is 534 g/mol. The number of aromatic hydroxyl groups is 1. The largest absolute Gasteiger partial charge is 0.508 e. The Morgan fingerprint density at radius 1 is 1.13 bits per heavy atom. The van der Waals surface area contributed by atoms with Gasteiger partial charge in [0.15, 0.2) is 11.4 Å². The van der Waals surface area contributed by atoms with E-state index < -0.39 is 58.4 Å². The van der Waals surface area contributed by atoms with Crippen molar-refractivity contribution in [2.75, 3.05) is 19.0 Å². The van der Waals surface area contributed by atoms with Gasteiger partial charge in [-0.2, -0.15) is 0 Å². The van der Waals surface area contributed by atoms with Gasteiger partial charge in [-0.1, -0.05) is 18.2 Å². The number of carbonyl (C=O) groups is 4. The lowest BCUT2D eigenvalue weighted by molar-refractivity contribution is -0.147. The van der Waals surface area contributed by atoms with E-state index in [-0.39, 0.29) is 42.2 Å². The standard InChI is InChI=1S/C28H26N2O9/c1-39-11-20(33)30-15-4-2-3-12(8-15)16-5-6-18(31)22-17(16)9-13-7-14-10-19(32)23(27(29)37)26(36)28(14,38)25(35)21(13)24(22)34/h2-6,8,13-14,31,34,36,38H,7,9-11H2,1H3,(H2,29,37)(H,30,33). The molecule has 202 valence electrons. The van der Waals surface area contributed by atoms with Gasteiger partial charge in [-0.25, -0.2) is 0 Å². The van der Waals surface area contributed by atoms with E-state index >= 15 is 0 Å². The van der Waals surface area contributed by atoms with Gasteiger partial charge in [0, 0.05) is 30.7 Å². The highest BCUT2D eigenvalue weighted by Crippen LogP contribution is 2.53. The van der Waals surface area contributed by atoms with Crippen LogP contribution in [-0.2, 0) is 30.3 Å². The quantitative estimate of drug-likeness (QED) is 0.309. The number of Topliss-reactive ketones (excluding diaryl/α,β-unsaturated/α-hetero) is 2. The van der Waals surface area contributed by atoms with Crippen molar-refractivity contribution in [3.05, 3.63) is 64.4 Å². The highest BCUT2D eigenvalue weighted by Gasteiger charge is 2.60. The molecule has 3 aliphatic rings. The molecule has 39 heavy (non-hydrogen) atoms. The smallest absolute Gasteiger partial charge is 0.255 e. The Balaban J connectivity index is 1.62. The molecule has 0 aromatic heterocycles. The Morgan fingerprint density at radius 3 is 2.56 bits per heavy atom. The second kappa shape index (κ2) is 9.37. The van der Waals surface area contributed by atoms with E-state index in [4.69, 9.17) is 10.5 Å². The van der Waals surface area contributed by atoms with Gasteiger partial charge in [-0.3, -0.25) is 19.2 Å². The van der Waals surface area contributed by atoms with Crippen LogP contribution in [0.5, 0.6) is 5.75 Å². The number of aliphatic hydroxyl groups is 3.